The fourth-order valence-electron chi connectivity index (χ4n) is 4.45. The number of nitrogens with two attached hydrogens (primary N) is 1. The number of hydrogen-bond acceptors (Lipinski definition) is 6. The average molecular weight is 543 g/mol. The van der Waals surface area contributed by atoms with Crippen LogP contribution in [0.5, 0.6) is 0 Å². The largest absolute Gasteiger partial charge is 0.490 e. The molecular weight excluding hydrogens is 517 g/mol. The van der Waals surface area contributed by atoms with Gasteiger partial charge in [0.25, 0.3) is 5.91 Å². The fraction of sp³-hybridized carbons (Fsp3) is 0.417. The lowest BCUT2D eigenvalue weighted by molar-refractivity contribution is -0.192. The van der Waals surface area contributed by atoms with Crippen molar-refractivity contribution in [1.29, 1.82) is 0 Å². The highest BCUT2D eigenvalue weighted by Gasteiger charge is 2.49. The standard InChI is InChI=1S/C22H25ClN4O3.C2HF3O2/c23-16-6-5-14(12-24)15(11-16)13-26-20(28)19-4-2-10-27(19)21(29)22(30)8-7-18-17(22)3-1-9-25-18;3-2(4,5)1(6)7/h1,3,5-6,9,11,19,30H,2,4,7-8,10,12-13,24H2,(H,26,28);(H,6,7)/t19-,22?;/m0./s1. The number of nitrogens with one attached hydrogen (secondary N) is 1. The van der Waals surface area contributed by atoms with Crippen LogP contribution in [0.4, 0.5) is 13.2 Å². The van der Waals surface area contributed by atoms with Gasteiger partial charge in [-0.15, -0.1) is 0 Å². The molecule has 2 atom stereocenters. The monoisotopic (exact) mass is 542 g/mol. The summed E-state index contributed by atoms with van der Waals surface area (Å²) in [7, 11) is 0. The van der Waals surface area contributed by atoms with Crippen molar-refractivity contribution < 1.29 is 37.8 Å². The maximum absolute atomic E-state index is 13.3. The molecule has 1 aliphatic carbocycles. The summed E-state index contributed by atoms with van der Waals surface area (Å²) < 4.78 is 31.7. The summed E-state index contributed by atoms with van der Waals surface area (Å²) in [6, 6.07) is 8.25. The van der Waals surface area contributed by atoms with Crippen molar-refractivity contribution >= 4 is 29.4 Å². The van der Waals surface area contributed by atoms with Gasteiger partial charge in [0.15, 0.2) is 5.60 Å². The molecule has 0 bridgehead atoms. The number of benzene rings is 1. The molecule has 9 nitrogen and oxygen atoms in total. The van der Waals surface area contributed by atoms with Crippen molar-refractivity contribution in [2.45, 2.75) is 56.6 Å². The van der Waals surface area contributed by atoms with Crippen molar-refractivity contribution in [3.63, 3.8) is 0 Å². The van der Waals surface area contributed by atoms with Crippen molar-refractivity contribution in [3.05, 3.63) is 63.9 Å². The van der Waals surface area contributed by atoms with E-state index in [1.165, 1.54) is 4.90 Å². The number of carbonyl (C=O) groups excluding carboxylic acids is 2. The summed E-state index contributed by atoms with van der Waals surface area (Å²) in [5.41, 5.74) is 7.20. The van der Waals surface area contributed by atoms with Crippen molar-refractivity contribution in [3.8, 4) is 0 Å². The van der Waals surface area contributed by atoms with E-state index < -0.39 is 29.7 Å². The number of hydrogen-bond donors (Lipinski definition) is 4. The summed E-state index contributed by atoms with van der Waals surface area (Å²) in [5.74, 6) is -3.42. The van der Waals surface area contributed by atoms with Crippen molar-refractivity contribution in [2.24, 2.45) is 5.73 Å². The molecule has 1 aliphatic heterocycles. The Morgan fingerprint density at radius 3 is 2.59 bits per heavy atom. The molecular formula is C24H26ClF3N4O5. The van der Waals surface area contributed by atoms with Gasteiger partial charge < -0.3 is 26.2 Å². The first-order chi connectivity index (χ1) is 17.4. The Bertz CT molecular complexity index is 1180. The van der Waals surface area contributed by atoms with Crippen LogP contribution in [-0.4, -0.2) is 56.6 Å². The van der Waals surface area contributed by atoms with Crippen LogP contribution in [0.1, 0.15) is 41.6 Å². The molecule has 200 valence electrons. The summed E-state index contributed by atoms with van der Waals surface area (Å²) in [6.07, 6.45) is -1.32. The number of rotatable bonds is 5. The summed E-state index contributed by atoms with van der Waals surface area (Å²) >= 11 is 6.07. The third-order valence-electron chi connectivity index (χ3n) is 6.31. The third kappa shape index (κ3) is 6.38. The SMILES string of the molecule is NCc1ccc(Cl)cc1CNC(=O)[C@@H]1CCCN1C(=O)C1(O)CCc2ncccc21.O=C(O)C(F)(F)F. The molecule has 5 N–H and O–H groups in total. The highest BCUT2D eigenvalue weighted by atomic mass is 35.5. The van der Waals surface area contributed by atoms with E-state index in [9.17, 15) is 27.9 Å². The fourth-order valence-corrected chi connectivity index (χ4v) is 4.64. The van der Waals surface area contributed by atoms with E-state index in [4.69, 9.17) is 27.2 Å². The molecule has 37 heavy (non-hydrogen) atoms. The number of alkyl halides is 3. The average Bonchev–Trinajstić information content (AvgIpc) is 3.48. The molecule has 1 aromatic carbocycles. The summed E-state index contributed by atoms with van der Waals surface area (Å²) in [6.45, 7) is 1.07. The van der Waals surface area contributed by atoms with E-state index in [-0.39, 0.29) is 18.9 Å². The number of likely N-dealkylation sites (tertiary alicyclic amines) is 1. The van der Waals surface area contributed by atoms with Gasteiger partial charge in [0.1, 0.15) is 6.04 Å². The number of aryl methyl sites for hydroxylation is 1. The second kappa shape index (κ2) is 11.4. The topological polar surface area (TPSA) is 146 Å². The lowest BCUT2D eigenvalue weighted by Crippen LogP contribution is -2.52. The summed E-state index contributed by atoms with van der Waals surface area (Å²) in [5, 5.41) is 21.8. The van der Waals surface area contributed by atoms with Crippen LogP contribution in [0.3, 0.4) is 0 Å². The normalized spacial score (nSPS) is 20.6. The smallest absolute Gasteiger partial charge is 0.475 e. The van der Waals surface area contributed by atoms with Crippen LogP contribution in [0, 0.1) is 0 Å². The van der Waals surface area contributed by atoms with Crippen molar-refractivity contribution in [2.75, 3.05) is 6.54 Å². The first kappa shape index (κ1) is 28.4. The molecule has 4 rings (SSSR count). The Labute approximate surface area is 215 Å². The highest BCUT2D eigenvalue weighted by molar-refractivity contribution is 6.30. The number of carboxylic acids is 1. The molecule has 1 unspecified atom stereocenters. The Morgan fingerprint density at radius 1 is 1.24 bits per heavy atom. The van der Waals surface area contributed by atoms with Crippen LogP contribution in [0.15, 0.2) is 36.5 Å². The van der Waals surface area contributed by atoms with Gasteiger partial charge in [-0.1, -0.05) is 23.7 Å². The number of halogens is 4. The van der Waals surface area contributed by atoms with Gasteiger partial charge in [0.2, 0.25) is 5.91 Å². The predicted molar refractivity (Wildman–Crippen MR) is 126 cm³/mol. The van der Waals surface area contributed by atoms with Crippen LogP contribution in [-0.2, 0) is 39.5 Å². The lowest BCUT2D eigenvalue weighted by atomic mass is 9.95. The maximum Gasteiger partial charge on any atom is 0.490 e. The van der Waals surface area contributed by atoms with Crippen LogP contribution < -0.4 is 11.1 Å². The van der Waals surface area contributed by atoms with Crippen LogP contribution in [0.25, 0.3) is 0 Å². The second-order valence-electron chi connectivity index (χ2n) is 8.65. The molecule has 2 amide bonds. The quantitative estimate of drug-likeness (QED) is 0.453. The zero-order valence-electron chi connectivity index (χ0n) is 19.6. The minimum absolute atomic E-state index is 0.239. The molecule has 2 aliphatic rings. The molecule has 2 heterocycles. The Morgan fingerprint density at radius 2 is 1.95 bits per heavy atom. The lowest BCUT2D eigenvalue weighted by Gasteiger charge is -2.32. The van der Waals surface area contributed by atoms with Crippen LogP contribution in [0.2, 0.25) is 5.02 Å². The van der Waals surface area contributed by atoms with E-state index in [1.807, 2.05) is 6.07 Å². The van der Waals surface area contributed by atoms with Crippen molar-refractivity contribution in [1.82, 2.24) is 15.2 Å². The molecule has 1 saturated heterocycles. The molecule has 1 fully saturated rings. The Balaban J connectivity index is 0.000000479. The molecule has 0 spiro atoms. The number of amides is 2. The highest BCUT2D eigenvalue weighted by Crippen LogP contribution is 2.38. The number of carboxylic acid groups (broad SMARTS) is 1. The summed E-state index contributed by atoms with van der Waals surface area (Å²) in [4.78, 5) is 40.9. The van der Waals surface area contributed by atoms with E-state index >= 15 is 0 Å². The van der Waals surface area contributed by atoms with Gasteiger partial charge >= 0.3 is 12.1 Å². The molecule has 2 aromatic rings. The third-order valence-corrected chi connectivity index (χ3v) is 6.55. The predicted octanol–water partition coefficient (Wildman–Crippen LogP) is 2.27. The Hall–Kier alpha value is -3.22. The number of carbonyl (C=O) groups is 3. The number of nitrogens with zero attached hydrogens (tertiary/aromatic N) is 2. The van der Waals surface area contributed by atoms with E-state index in [0.717, 1.165) is 16.8 Å². The number of fused-ring (bicyclic) bond motifs is 1. The zero-order chi connectivity index (χ0) is 27.4. The number of aromatic nitrogens is 1. The first-order valence-electron chi connectivity index (χ1n) is 11.4. The van der Waals surface area contributed by atoms with Gasteiger partial charge in [-0.25, -0.2) is 4.79 Å². The van der Waals surface area contributed by atoms with E-state index in [2.05, 4.69) is 10.3 Å². The molecule has 1 aromatic heterocycles. The Kier molecular flexibility index (Phi) is 8.77. The van der Waals surface area contributed by atoms with Gasteiger partial charge in [-0.3, -0.25) is 14.6 Å². The van der Waals surface area contributed by atoms with Crippen LogP contribution >= 0.6 is 11.6 Å². The molecule has 0 radical (unpaired) electrons. The first-order valence-corrected chi connectivity index (χ1v) is 11.8. The minimum atomic E-state index is -5.08. The van der Waals surface area contributed by atoms with Gasteiger partial charge in [-0.05, 0) is 55.0 Å². The number of aliphatic carboxylic acids is 1. The number of aliphatic hydroxyl groups is 1. The number of pyridine rings is 1. The molecule has 13 heteroatoms. The van der Waals surface area contributed by atoms with Gasteiger partial charge in [-0.2, -0.15) is 13.2 Å². The minimum Gasteiger partial charge on any atom is -0.475 e. The van der Waals surface area contributed by atoms with Gasteiger partial charge in [0.05, 0.1) is 0 Å². The maximum atomic E-state index is 13.3. The van der Waals surface area contributed by atoms with E-state index in [0.29, 0.717) is 42.9 Å². The van der Waals surface area contributed by atoms with E-state index in [1.54, 1.807) is 30.5 Å². The van der Waals surface area contributed by atoms with Gasteiger partial charge in [0, 0.05) is 42.1 Å². The molecule has 0 saturated carbocycles. The zero-order valence-corrected chi connectivity index (χ0v) is 20.3. The second-order valence-corrected chi connectivity index (χ2v) is 9.09.